The van der Waals surface area contributed by atoms with Gasteiger partial charge in [-0.1, -0.05) is 23.5 Å². The zero-order valence-corrected chi connectivity index (χ0v) is 13.2. The molecule has 1 aliphatic rings. The summed E-state index contributed by atoms with van der Waals surface area (Å²) in [5.41, 5.74) is 2.26. The van der Waals surface area contributed by atoms with Crippen molar-refractivity contribution in [2.45, 2.75) is 32.6 Å². The Labute approximate surface area is 129 Å². The van der Waals surface area contributed by atoms with Crippen LogP contribution in [0.15, 0.2) is 18.2 Å². The van der Waals surface area contributed by atoms with E-state index in [-0.39, 0.29) is 5.91 Å². The molecule has 0 aliphatic carbocycles. The second-order valence-electron chi connectivity index (χ2n) is 5.56. The van der Waals surface area contributed by atoms with Crippen molar-refractivity contribution in [2.75, 3.05) is 25.0 Å². The molecule has 1 aromatic carbocycles. The van der Waals surface area contributed by atoms with Gasteiger partial charge in [0.05, 0.1) is 10.2 Å². The Morgan fingerprint density at radius 2 is 2.14 bits per heavy atom. The third-order valence-corrected chi connectivity index (χ3v) is 4.92. The Bertz CT molecular complexity index is 631. The molecule has 112 valence electrons. The Morgan fingerprint density at radius 1 is 1.33 bits per heavy atom. The first kappa shape index (κ1) is 14.3. The number of hydrogen-bond donors (Lipinski definition) is 1. The van der Waals surface area contributed by atoms with Crippen LogP contribution < -0.4 is 5.32 Å². The second kappa shape index (κ2) is 6.43. The summed E-state index contributed by atoms with van der Waals surface area (Å²) >= 11 is 1.65. The topological polar surface area (TPSA) is 45.2 Å². The van der Waals surface area contributed by atoms with Gasteiger partial charge in [0.15, 0.2) is 5.13 Å². The SMILES string of the molecule is Cc1cccc2sc(NCCC(=O)N3CCCCC3)nc12. The van der Waals surface area contributed by atoms with Crippen molar-refractivity contribution < 1.29 is 4.79 Å². The van der Waals surface area contributed by atoms with E-state index in [0.29, 0.717) is 13.0 Å². The molecule has 5 heteroatoms. The van der Waals surface area contributed by atoms with E-state index in [4.69, 9.17) is 0 Å². The largest absolute Gasteiger partial charge is 0.361 e. The van der Waals surface area contributed by atoms with Crippen molar-refractivity contribution in [2.24, 2.45) is 0 Å². The molecule has 0 radical (unpaired) electrons. The minimum absolute atomic E-state index is 0.263. The molecule has 0 unspecified atom stereocenters. The summed E-state index contributed by atoms with van der Waals surface area (Å²) < 4.78 is 1.19. The highest BCUT2D eigenvalue weighted by Crippen LogP contribution is 2.27. The van der Waals surface area contributed by atoms with Gasteiger partial charge >= 0.3 is 0 Å². The summed E-state index contributed by atoms with van der Waals surface area (Å²) in [6, 6.07) is 6.22. The number of nitrogens with zero attached hydrogens (tertiary/aromatic N) is 2. The lowest BCUT2D eigenvalue weighted by Gasteiger charge is -2.26. The van der Waals surface area contributed by atoms with E-state index in [2.05, 4.69) is 35.4 Å². The van der Waals surface area contributed by atoms with Gasteiger partial charge in [-0.3, -0.25) is 4.79 Å². The number of carbonyl (C=O) groups excluding carboxylic acids is 1. The number of benzene rings is 1. The molecule has 21 heavy (non-hydrogen) atoms. The van der Waals surface area contributed by atoms with E-state index in [1.165, 1.54) is 16.7 Å². The molecule has 2 aromatic rings. The Balaban J connectivity index is 1.54. The number of likely N-dealkylation sites (tertiary alicyclic amines) is 1. The third-order valence-electron chi connectivity index (χ3n) is 3.94. The minimum atomic E-state index is 0.263. The lowest BCUT2D eigenvalue weighted by molar-refractivity contribution is -0.131. The van der Waals surface area contributed by atoms with Crippen molar-refractivity contribution in [1.82, 2.24) is 9.88 Å². The van der Waals surface area contributed by atoms with E-state index in [1.807, 2.05) is 4.90 Å². The van der Waals surface area contributed by atoms with Crippen LogP contribution in [0.3, 0.4) is 0 Å². The van der Waals surface area contributed by atoms with Crippen molar-refractivity contribution >= 4 is 32.6 Å². The number of aromatic nitrogens is 1. The first-order valence-corrected chi connectivity index (χ1v) is 8.43. The molecule has 0 bridgehead atoms. The van der Waals surface area contributed by atoms with Crippen LogP contribution in [0, 0.1) is 6.92 Å². The number of para-hydroxylation sites is 1. The normalized spacial score (nSPS) is 15.4. The zero-order chi connectivity index (χ0) is 14.7. The van der Waals surface area contributed by atoms with Gasteiger partial charge in [-0.2, -0.15) is 0 Å². The van der Waals surface area contributed by atoms with E-state index in [1.54, 1.807) is 11.3 Å². The number of aryl methyl sites for hydroxylation is 1. The van der Waals surface area contributed by atoms with Crippen LogP contribution in [0.1, 0.15) is 31.2 Å². The van der Waals surface area contributed by atoms with Gasteiger partial charge in [-0.25, -0.2) is 4.98 Å². The van der Waals surface area contributed by atoms with E-state index < -0.39 is 0 Å². The number of fused-ring (bicyclic) bond motifs is 1. The molecule has 0 atom stereocenters. The summed E-state index contributed by atoms with van der Waals surface area (Å²) in [6.07, 6.45) is 4.11. The predicted octanol–water partition coefficient (Wildman–Crippen LogP) is 3.42. The quantitative estimate of drug-likeness (QED) is 0.941. The lowest BCUT2D eigenvalue weighted by atomic mass is 10.1. The third kappa shape index (κ3) is 3.35. The average molecular weight is 303 g/mol. The molecule has 4 nitrogen and oxygen atoms in total. The van der Waals surface area contributed by atoms with E-state index >= 15 is 0 Å². The molecule has 0 spiro atoms. The van der Waals surface area contributed by atoms with Crippen molar-refractivity contribution in [3.8, 4) is 0 Å². The fourth-order valence-corrected chi connectivity index (χ4v) is 3.71. The van der Waals surface area contributed by atoms with Crippen LogP contribution in [-0.2, 0) is 4.79 Å². The fourth-order valence-electron chi connectivity index (χ4n) is 2.74. The van der Waals surface area contributed by atoms with Crippen molar-refractivity contribution in [3.05, 3.63) is 23.8 Å². The molecule has 2 heterocycles. The standard InChI is InChI=1S/C16H21N3OS/c1-12-6-5-7-13-15(12)18-16(21-13)17-9-8-14(20)19-10-3-2-4-11-19/h5-7H,2-4,8-11H2,1H3,(H,17,18). The highest BCUT2D eigenvalue weighted by molar-refractivity contribution is 7.22. The van der Waals surface area contributed by atoms with Gasteiger partial charge < -0.3 is 10.2 Å². The molecular weight excluding hydrogens is 282 g/mol. The summed E-state index contributed by atoms with van der Waals surface area (Å²) in [5.74, 6) is 0.263. The number of rotatable bonds is 4. The van der Waals surface area contributed by atoms with Gasteiger partial charge in [0.2, 0.25) is 5.91 Å². The van der Waals surface area contributed by atoms with Crippen LogP contribution >= 0.6 is 11.3 Å². The second-order valence-corrected chi connectivity index (χ2v) is 6.59. The number of piperidine rings is 1. The van der Waals surface area contributed by atoms with Gasteiger partial charge in [0.25, 0.3) is 0 Å². The predicted molar refractivity (Wildman–Crippen MR) is 87.9 cm³/mol. The maximum atomic E-state index is 12.1. The molecule has 1 aromatic heterocycles. The highest BCUT2D eigenvalue weighted by atomic mass is 32.1. The highest BCUT2D eigenvalue weighted by Gasteiger charge is 2.15. The van der Waals surface area contributed by atoms with Crippen molar-refractivity contribution in [1.29, 1.82) is 0 Å². The monoisotopic (exact) mass is 303 g/mol. The van der Waals surface area contributed by atoms with Gasteiger partial charge in [0.1, 0.15) is 0 Å². The maximum absolute atomic E-state index is 12.1. The molecule has 0 saturated carbocycles. The van der Waals surface area contributed by atoms with Gasteiger partial charge in [-0.05, 0) is 37.8 Å². The molecule has 1 N–H and O–H groups in total. The molecule has 1 saturated heterocycles. The summed E-state index contributed by atoms with van der Waals surface area (Å²) in [7, 11) is 0. The molecule has 1 fully saturated rings. The molecular formula is C16H21N3OS. The first-order chi connectivity index (χ1) is 10.2. The van der Waals surface area contributed by atoms with E-state index in [0.717, 1.165) is 36.6 Å². The smallest absolute Gasteiger partial charge is 0.224 e. The van der Waals surface area contributed by atoms with Crippen LogP contribution in [0.25, 0.3) is 10.2 Å². The van der Waals surface area contributed by atoms with Crippen LogP contribution in [-0.4, -0.2) is 35.4 Å². The zero-order valence-electron chi connectivity index (χ0n) is 12.4. The molecule has 3 rings (SSSR count). The van der Waals surface area contributed by atoms with Crippen molar-refractivity contribution in [3.63, 3.8) is 0 Å². The van der Waals surface area contributed by atoms with Crippen LogP contribution in [0.4, 0.5) is 5.13 Å². The van der Waals surface area contributed by atoms with Crippen LogP contribution in [0.5, 0.6) is 0 Å². The number of thiazole rings is 1. The number of hydrogen-bond acceptors (Lipinski definition) is 4. The summed E-state index contributed by atoms with van der Waals surface area (Å²) in [5, 5.41) is 4.20. The Hall–Kier alpha value is -1.62. The Kier molecular flexibility index (Phi) is 4.39. The Morgan fingerprint density at radius 3 is 2.90 bits per heavy atom. The van der Waals surface area contributed by atoms with Gasteiger partial charge in [0, 0.05) is 26.1 Å². The van der Waals surface area contributed by atoms with Crippen LogP contribution in [0.2, 0.25) is 0 Å². The molecule has 1 aliphatic heterocycles. The average Bonchev–Trinajstić information content (AvgIpc) is 2.92. The number of amides is 1. The first-order valence-electron chi connectivity index (χ1n) is 7.62. The van der Waals surface area contributed by atoms with Gasteiger partial charge in [-0.15, -0.1) is 0 Å². The molecule has 1 amide bonds. The lowest BCUT2D eigenvalue weighted by Crippen LogP contribution is -2.36. The fraction of sp³-hybridized carbons (Fsp3) is 0.500. The summed E-state index contributed by atoms with van der Waals surface area (Å²) in [6.45, 7) is 4.60. The summed E-state index contributed by atoms with van der Waals surface area (Å²) in [4.78, 5) is 18.7. The number of carbonyl (C=O) groups is 1. The number of nitrogens with one attached hydrogen (secondary N) is 1. The minimum Gasteiger partial charge on any atom is -0.361 e. The number of anilines is 1. The maximum Gasteiger partial charge on any atom is 0.224 e. The van der Waals surface area contributed by atoms with E-state index in [9.17, 15) is 4.79 Å².